The number of hydrogen-bond acceptors (Lipinski definition) is 6. The minimum atomic E-state index is 0.114. The van der Waals surface area contributed by atoms with Crippen molar-refractivity contribution in [3.63, 3.8) is 0 Å². The van der Waals surface area contributed by atoms with Crippen LogP contribution in [0.3, 0.4) is 0 Å². The molecular weight excluding hydrogens is 260 g/mol. The second kappa shape index (κ2) is 5.96. The lowest BCUT2D eigenvalue weighted by Crippen LogP contribution is -2.27. The van der Waals surface area contributed by atoms with Gasteiger partial charge in [-0.25, -0.2) is 0 Å². The minimum absolute atomic E-state index is 0.114. The Balaban J connectivity index is 2.04. The number of aromatic nitrogens is 1. The van der Waals surface area contributed by atoms with E-state index in [-0.39, 0.29) is 6.10 Å². The lowest BCUT2D eigenvalue weighted by molar-refractivity contribution is 0.245. The standard InChI is InChI=1S/C13H24N4OS/c1-9(2)18-11-12(14)15-19-13(11)17(4)8-10-5-6-16(3)7-10/h9-10H,5-8H2,1-4H3,(H2,14,15). The smallest absolute Gasteiger partial charge is 0.198 e. The summed E-state index contributed by atoms with van der Waals surface area (Å²) in [5.74, 6) is 1.96. The van der Waals surface area contributed by atoms with Crippen LogP contribution in [-0.2, 0) is 0 Å². The Kier molecular flexibility index (Phi) is 4.52. The number of ether oxygens (including phenoxy) is 1. The summed E-state index contributed by atoms with van der Waals surface area (Å²) in [6.07, 6.45) is 1.37. The van der Waals surface area contributed by atoms with Crippen LogP contribution in [0.1, 0.15) is 20.3 Å². The van der Waals surface area contributed by atoms with Crippen LogP contribution in [0.25, 0.3) is 0 Å². The first kappa shape index (κ1) is 14.4. The Hall–Kier alpha value is -1.01. The Morgan fingerprint density at radius 2 is 2.32 bits per heavy atom. The molecule has 0 aliphatic carbocycles. The van der Waals surface area contributed by atoms with E-state index in [1.165, 1.54) is 31.0 Å². The Bertz CT molecular complexity index is 421. The van der Waals surface area contributed by atoms with Gasteiger partial charge in [-0.05, 0) is 51.3 Å². The van der Waals surface area contributed by atoms with E-state index in [0.717, 1.165) is 17.3 Å². The van der Waals surface area contributed by atoms with Gasteiger partial charge in [-0.15, -0.1) is 0 Å². The number of nitrogens with zero attached hydrogens (tertiary/aromatic N) is 3. The molecule has 0 radical (unpaired) electrons. The first-order chi connectivity index (χ1) is 8.97. The third-order valence-electron chi connectivity index (χ3n) is 3.38. The van der Waals surface area contributed by atoms with Crippen molar-refractivity contribution in [1.82, 2.24) is 9.27 Å². The van der Waals surface area contributed by atoms with Crippen molar-refractivity contribution in [2.45, 2.75) is 26.4 Å². The number of hydrogen-bond donors (Lipinski definition) is 1. The summed E-state index contributed by atoms with van der Waals surface area (Å²) in [6.45, 7) is 7.40. The van der Waals surface area contributed by atoms with Gasteiger partial charge in [-0.1, -0.05) is 0 Å². The van der Waals surface area contributed by atoms with Gasteiger partial charge in [-0.2, -0.15) is 4.37 Å². The van der Waals surface area contributed by atoms with Crippen LogP contribution >= 0.6 is 11.5 Å². The van der Waals surface area contributed by atoms with Gasteiger partial charge in [0.2, 0.25) is 0 Å². The molecule has 0 spiro atoms. The molecule has 0 amide bonds. The average Bonchev–Trinajstić information content (AvgIpc) is 2.86. The molecule has 0 bridgehead atoms. The van der Waals surface area contributed by atoms with Crippen LogP contribution in [-0.4, -0.2) is 49.1 Å². The molecule has 2 heterocycles. The molecule has 108 valence electrons. The van der Waals surface area contributed by atoms with Crippen molar-refractivity contribution in [3.8, 4) is 5.75 Å². The van der Waals surface area contributed by atoms with E-state index < -0.39 is 0 Å². The number of rotatable bonds is 5. The quantitative estimate of drug-likeness (QED) is 0.895. The fraction of sp³-hybridized carbons (Fsp3) is 0.769. The van der Waals surface area contributed by atoms with Gasteiger partial charge in [0.1, 0.15) is 0 Å². The number of anilines is 2. The summed E-state index contributed by atoms with van der Waals surface area (Å²) in [5.41, 5.74) is 5.90. The summed E-state index contributed by atoms with van der Waals surface area (Å²) in [6, 6.07) is 0. The van der Waals surface area contributed by atoms with Gasteiger partial charge in [0, 0.05) is 20.1 Å². The second-order valence-electron chi connectivity index (χ2n) is 5.67. The van der Waals surface area contributed by atoms with Crippen LogP contribution < -0.4 is 15.4 Å². The maximum Gasteiger partial charge on any atom is 0.198 e. The zero-order valence-corrected chi connectivity index (χ0v) is 13.0. The normalized spacial score (nSPS) is 20.2. The highest BCUT2D eigenvalue weighted by Crippen LogP contribution is 2.38. The highest BCUT2D eigenvalue weighted by molar-refractivity contribution is 7.11. The maximum atomic E-state index is 5.90. The van der Waals surface area contributed by atoms with E-state index in [4.69, 9.17) is 10.5 Å². The van der Waals surface area contributed by atoms with Crippen molar-refractivity contribution >= 4 is 22.4 Å². The topological polar surface area (TPSA) is 54.6 Å². The van der Waals surface area contributed by atoms with Gasteiger partial charge >= 0.3 is 0 Å². The van der Waals surface area contributed by atoms with E-state index >= 15 is 0 Å². The van der Waals surface area contributed by atoms with Crippen molar-refractivity contribution < 1.29 is 4.74 Å². The molecule has 2 N–H and O–H groups in total. The van der Waals surface area contributed by atoms with E-state index in [0.29, 0.717) is 11.7 Å². The highest BCUT2D eigenvalue weighted by Gasteiger charge is 2.24. The third-order valence-corrected chi connectivity index (χ3v) is 4.34. The summed E-state index contributed by atoms with van der Waals surface area (Å²) in [7, 11) is 4.27. The number of likely N-dealkylation sites (tertiary alicyclic amines) is 1. The van der Waals surface area contributed by atoms with Gasteiger partial charge in [0.15, 0.2) is 16.6 Å². The van der Waals surface area contributed by atoms with Crippen molar-refractivity contribution in [2.75, 3.05) is 44.4 Å². The van der Waals surface area contributed by atoms with Crippen LogP contribution in [0.2, 0.25) is 0 Å². The van der Waals surface area contributed by atoms with E-state index in [1.807, 2.05) is 13.8 Å². The SMILES string of the molecule is CC(C)Oc1c(N)nsc1N(C)CC1CCN(C)C1. The average molecular weight is 284 g/mol. The lowest BCUT2D eigenvalue weighted by Gasteiger charge is -2.23. The first-order valence-corrected chi connectivity index (χ1v) is 7.56. The van der Waals surface area contributed by atoms with Crippen molar-refractivity contribution in [3.05, 3.63) is 0 Å². The van der Waals surface area contributed by atoms with Gasteiger partial charge in [0.05, 0.1) is 6.10 Å². The second-order valence-corrected chi connectivity index (χ2v) is 6.42. The molecule has 1 aromatic rings. The van der Waals surface area contributed by atoms with Gasteiger partial charge in [0.25, 0.3) is 0 Å². The molecule has 1 atom stereocenters. The first-order valence-electron chi connectivity index (χ1n) is 6.78. The molecule has 1 aliphatic rings. The summed E-state index contributed by atoms with van der Waals surface area (Å²) in [5, 5.41) is 1.04. The summed E-state index contributed by atoms with van der Waals surface area (Å²) >= 11 is 1.42. The van der Waals surface area contributed by atoms with Gasteiger partial charge in [-0.3, -0.25) is 0 Å². The monoisotopic (exact) mass is 284 g/mol. The molecule has 1 aliphatic heterocycles. The predicted molar refractivity (Wildman–Crippen MR) is 81.2 cm³/mol. The van der Waals surface area contributed by atoms with Crippen LogP contribution in [0.5, 0.6) is 5.75 Å². The molecule has 2 rings (SSSR count). The molecule has 1 fully saturated rings. The maximum absolute atomic E-state index is 5.90. The van der Waals surface area contributed by atoms with Crippen molar-refractivity contribution in [1.29, 1.82) is 0 Å². The summed E-state index contributed by atoms with van der Waals surface area (Å²) in [4.78, 5) is 4.61. The Morgan fingerprint density at radius 3 is 2.89 bits per heavy atom. The summed E-state index contributed by atoms with van der Waals surface area (Å²) < 4.78 is 10.0. The van der Waals surface area contributed by atoms with Crippen molar-refractivity contribution in [2.24, 2.45) is 5.92 Å². The zero-order chi connectivity index (χ0) is 14.0. The van der Waals surface area contributed by atoms with Crippen LogP contribution in [0, 0.1) is 5.92 Å². The molecule has 1 unspecified atom stereocenters. The number of nitrogen functional groups attached to an aromatic ring is 1. The Morgan fingerprint density at radius 1 is 1.58 bits per heavy atom. The number of nitrogens with two attached hydrogens (primary N) is 1. The molecule has 0 saturated carbocycles. The highest BCUT2D eigenvalue weighted by atomic mass is 32.1. The zero-order valence-electron chi connectivity index (χ0n) is 12.2. The molecule has 5 nitrogen and oxygen atoms in total. The van der Waals surface area contributed by atoms with Gasteiger partial charge < -0.3 is 20.3 Å². The molecule has 6 heteroatoms. The largest absolute Gasteiger partial charge is 0.484 e. The van der Waals surface area contributed by atoms with E-state index in [2.05, 4.69) is 28.3 Å². The molecule has 1 saturated heterocycles. The predicted octanol–water partition coefficient (Wildman–Crippen LogP) is 1.90. The lowest BCUT2D eigenvalue weighted by atomic mass is 10.1. The van der Waals surface area contributed by atoms with E-state index in [9.17, 15) is 0 Å². The van der Waals surface area contributed by atoms with Crippen LogP contribution in [0.15, 0.2) is 0 Å². The fourth-order valence-electron chi connectivity index (χ4n) is 2.52. The third kappa shape index (κ3) is 3.51. The molecular formula is C13H24N4OS. The Labute approximate surface area is 119 Å². The minimum Gasteiger partial charge on any atom is -0.484 e. The fourth-order valence-corrected chi connectivity index (χ4v) is 3.24. The molecule has 0 aromatic carbocycles. The molecule has 19 heavy (non-hydrogen) atoms. The molecule has 1 aromatic heterocycles. The van der Waals surface area contributed by atoms with E-state index in [1.54, 1.807) is 0 Å². The van der Waals surface area contributed by atoms with Crippen LogP contribution in [0.4, 0.5) is 10.8 Å².